The van der Waals surface area contributed by atoms with E-state index in [1.807, 2.05) is 11.4 Å². The smallest absolute Gasteiger partial charge is 0.242 e. The fourth-order valence-corrected chi connectivity index (χ4v) is 3.27. The average Bonchev–Trinajstić information content (AvgIpc) is 2.96. The van der Waals surface area contributed by atoms with Gasteiger partial charge in [-0.2, -0.15) is 0 Å². The number of hydrogen-bond donors (Lipinski definition) is 1. The summed E-state index contributed by atoms with van der Waals surface area (Å²) in [4.78, 5) is 15.2. The molecule has 110 valence electrons. The molecule has 1 aliphatic rings. The van der Waals surface area contributed by atoms with Crippen LogP contribution in [0.25, 0.3) is 0 Å². The van der Waals surface area contributed by atoms with Gasteiger partial charge < -0.3 is 10.2 Å². The molecule has 2 aromatic rings. The molecule has 0 spiro atoms. The molecule has 0 atom stereocenters. The third-order valence-electron chi connectivity index (χ3n) is 3.54. The molecule has 0 saturated heterocycles. The Hall–Kier alpha value is -1.95. The average molecular weight is 308 g/mol. The Balaban J connectivity index is 1.61. The number of carbonyl (C=O) groups excluding carboxylic acids is 1. The number of nitrogens with zero attached hydrogens (tertiary/aromatic N) is 1. The lowest BCUT2D eigenvalue weighted by Crippen LogP contribution is -2.38. The van der Waals surface area contributed by atoms with Gasteiger partial charge in [-0.25, -0.2) is 8.78 Å². The lowest BCUT2D eigenvalue weighted by Gasteiger charge is -2.27. The summed E-state index contributed by atoms with van der Waals surface area (Å²) in [6.45, 7) is 1.21. The first kappa shape index (κ1) is 14.0. The van der Waals surface area contributed by atoms with Crippen molar-refractivity contribution in [2.45, 2.75) is 13.0 Å². The van der Waals surface area contributed by atoms with E-state index in [0.717, 1.165) is 12.5 Å². The van der Waals surface area contributed by atoms with Gasteiger partial charge in [-0.05, 0) is 35.6 Å². The fraction of sp³-hybridized carbons (Fsp3) is 0.267. The highest BCUT2D eigenvalue weighted by Crippen LogP contribution is 2.24. The third kappa shape index (κ3) is 2.90. The number of rotatable bonds is 3. The Morgan fingerprint density at radius 3 is 3.05 bits per heavy atom. The van der Waals surface area contributed by atoms with Crippen LogP contribution in [-0.2, 0) is 17.8 Å². The molecule has 3 nitrogen and oxygen atoms in total. The second-order valence-corrected chi connectivity index (χ2v) is 5.89. The number of benzene rings is 1. The number of thiophene rings is 1. The van der Waals surface area contributed by atoms with E-state index >= 15 is 0 Å². The maximum atomic E-state index is 13.5. The molecule has 6 heteroatoms. The van der Waals surface area contributed by atoms with Crippen LogP contribution in [-0.4, -0.2) is 23.9 Å². The zero-order chi connectivity index (χ0) is 14.8. The molecule has 1 aromatic carbocycles. The van der Waals surface area contributed by atoms with Crippen LogP contribution in [0.3, 0.4) is 0 Å². The van der Waals surface area contributed by atoms with Crippen LogP contribution < -0.4 is 5.32 Å². The first-order valence-electron chi connectivity index (χ1n) is 6.66. The first-order valence-corrected chi connectivity index (χ1v) is 7.54. The van der Waals surface area contributed by atoms with Crippen molar-refractivity contribution >= 4 is 22.9 Å². The highest BCUT2D eigenvalue weighted by molar-refractivity contribution is 7.10. The van der Waals surface area contributed by atoms with Gasteiger partial charge >= 0.3 is 0 Å². The van der Waals surface area contributed by atoms with Crippen molar-refractivity contribution in [2.24, 2.45) is 0 Å². The molecule has 1 aromatic heterocycles. The van der Waals surface area contributed by atoms with Gasteiger partial charge in [-0.15, -0.1) is 11.3 Å². The van der Waals surface area contributed by atoms with Crippen LogP contribution >= 0.6 is 11.3 Å². The van der Waals surface area contributed by atoms with Crippen LogP contribution in [0.1, 0.15) is 10.4 Å². The third-order valence-corrected chi connectivity index (χ3v) is 4.57. The van der Waals surface area contributed by atoms with Crippen molar-refractivity contribution in [2.75, 3.05) is 18.4 Å². The standard InChI is InChI=1S/C15H14F2N2OS/c16-11-2-1-3-12(15(11)17)18-8-14(20)19-6-4-13-10(9-19)5-7-21-13/h1-3,5,7,18H,4,6,8-9H2. The van der Waals surface area contributed by atoms with Gasteiger partial charge in [0, 0.05) is 18.0 Å². The van der Waals surface area contributed by atoms with Gasteiger partial charge in [0.15, 0.2) is 11.6 Å². The van der Waals surface area contributed by atoms with Crippen LogP contribution in [0.2, 0.25) is 0 Å². The van der Waals surface area contributed by atoms with E-state index in [1.54, 1.807) is 16.2 Å². The van der Waals surface area contributed by atoms with Gasteiger partial charge in [-0.1, -0.05) is 6.07 Å². The SMILES string of the molecule is O=C(CNc1cccc(F)c1F)N1CCc2sccc2C1. The predicted molar refractivity (Wildman–Crippen MR) is 78.3 cm³/mol. The molecule has 0 fully saturated rings. The summed E-state index contributed by atoms with van der Waals surface area (Å²) in [5.41, 5.74) is 1.19. The highest BCUT2D eigenvalue weighted by atomic mass is 32.1. The Kier molecular flexibility index (Phi) is 3.88. The number of hydrogen-bond acceptors (Lipinski definition) is 3. The molecule has 1 aliphatic heterocycles. The number of nitrogens with one attached hydrogen (secondary N) is 1. The number of anilines is 1. The van der Waals surface area contributed by atoms with Crippen molar-refractivity contribution in [3.63, 3.8) is 0 Å². The summed E-state index contributed by atoms with van der Waals surface area (Å²) < 4.78 is 26.6. The van der Waals surface area contributed by atoms with Gasteiger partial charge in [-0.3, -0.25) is 4.79 Å². The van der Waals surface area contributed by atoms with Gasteiger partial charge in [0.1, 0.15) is 0 Å². The highest BCUT2D eigenvalue weighted by Gasteiger charge is 2.21. The molecule has 2 heterocycles. The normalized spacial score (nSPS) is 13.9. The molecular formula is C15H14F2N2OS. The molecule has 0 saturated carbocycles. The van der Waals surface area contributed by atoms with Crippen molar-refractivity contribution in [3.8, 4) is 0 Å². The van der Waals surface area contributed by atoms with Crippen LogP contribution in [0, 0.1) is 11.6 Å². The summed E-state index contributed by atoms with van der Waals surface area (Å²) >= 11 is 1.71. The van der Waals surface area contributed by atoms with Crippen molar-refractivity contribution in [3.05, 3.63) is 51.7 Å². The maximum Gasteiger partial charge on any atom is 0.242 e. The monoisotopic (exact) mass is 308 g/mol. The van der Waals surface area contributed by atoms with Gasteiger partial charge in [0.05, 0.1) is 12.2 Å². The van der Waals surface area contributed by atoms with Crippen molar-refractivity contribution < 1.29 is 13.6 Å². The lowest BCUT2D eigenvalue weighted by atomic mass is 10.1. The topological polar surface area (TPSA) is 32.3 Å². The maximum absolute atomic E-state index is 13.5. The fourth-order valence-electron chi connectivity index (χ4n) is 2.38. The lowest BCUT2D eigenvalue weighted by molar-refractivity contribution is -0.130. The van der Waals surface area contributed by atoms with Crippen molar-refractivity contribution in [1.29, 1.82) is 0 Å². The zero-order valence-electron chi connectivity index (χ0n) is 11.2. The molecule has 0 aliphatic carbocycles. The first-order chi connectivity index (χ1) is 10.1. The summed E-state index contributed by atoms with van der Waals surface area (Å²) in [6.07, 6.45) is 0.854. The molecule has 1 N–H and O–H groups in total. The van der Waals surface area contributed by atoms with Crippen LogP contribution in [0.15, 0.2) is 29.6 Å². The second kappa shape index (κ2) is 5.81. The van der Waals surface area contributed by atoms with E-state index in [2.05, 4.69) is 5.32 Å². The molecule has 0 radical (unpaired) electrons. The van der Waals surface area contributed by atoms with Gasteiger partial charge in [0.2, 0.25) is 5.91 Å². The minimum atomic E-state index is -0.955. The molecule has 1 amide bonds. The molecule has 0 unspecified atom stereocenters. The quantitative estimate of drug-likeness (QED) is 0.945. The van der Waals surface area contributed by atoms with Crippen LogP contribution in [0.4, 0.5) is 14.5 Å². The molecule has 0 bridgehead atoms. The van der Waals surface area contributed by atoms with E-state index in [9.17, 15) is 13.6 Å². The van der Waals surface area contributed by atoms with E-state index < -0.39 is 11.6 Å². The number of carbonyl (C=O) groups is 1. The van der Waals surface area contributed by atoms with E-state index in [0.29, 0.717) is 13.1 Å². The Labute approximate surface area is 125 Å². The van der Waals surface area contributed by atoms with E-state index in [4.69, 9.17) is 0 Å². The molecular weight excluding hydrogens is 294 g/mol. The Bertz CT molecular complexity index is 671. The minimum absolute atomic E-state index is 0.0107. The summed E-state index contributed by atoms with van der Waals surface area (Å²) in [5, 5.41) is 4.69. The largest absolute Gasteiger partial charge is 0.374 e. The summed E-state index contributed by atoms with van der Waals surface area (Å²) in [5.74, 6) is -1.99. The summed E-state index contributed by atoms with van der Waals surface area (Å²) in [7, 11) is 0. The number of fused-ring (bicyclic) bond motifs is 1. The van der Waals surface area contributed by atoms with E-state index in [1.165, 1.54) is 22.6 Å². The van der Waals surface area contributed by atoms with Crippen LogP contribution in [0.5, 0.6) is 0 Å². The second-order valence-electron chi connectivity index (χ2n) is 4.89. The Morgan fingerprint density at radius 2 is 2.19 bits per heavy atom. The molecule has 21 heavy (non-hydrogen) atoms. The minimum Gasteiger partial charge on any atom is -0.374 e. The predicted octanol–water partition coefficient (Wildman–Crippen LogP) is 3.02. The molecule has 3 rings (SSSR count). The van der Waals surface area contributed by atoms with Gasteiger partial charge in [0.25, 0.3) is 0 Å². The zero-order valence-corrected chi connectivity index (χ0v) is 12.1. The number of halogens is 2. The van der Waals surface area contributed by atoms with E-state index in [-0.39, 0.29) is 18.1 Å². The number of amides is 1. The van der Waals surface area contributed by atoms with Crippen molar-refractivity contribution in [1.82, 2.24) is 4.90 Å². The summed E-state index contributed by atoms with van der Waals surface area (Å²) in [6, 6.07) is 5.90. The Morgan fingerprint density at radius 1 is 1.33 bits per heavy atom.